The van der Waals surface area contributed by atoms with E-state index < -0.39 is 0 Å². The van der Waals surface area contributed by atoms with E-state index in [-0.39, 0.29) is 11.3 Å². The molecule has 0 aliphatic rings. The third kappa shape index (κ3) is 3.74. The highest BCUT2D eigenvalue weighted by molar-refractivity contribution is 7.80. The number of hydrogen-bond donors (Lipinski definition) is 1. The number of thiocarbonyl (C=S) groups is 1. The van der Waals surface area contributed by atoms with Crippen molar-refractivity contribution in [1.29, 1.82) is 0 Å². The lowest BCUT2D eigenvalue weighted by Crippen LogP contribution is -2.25. The lowest BCUT2D eigenvalue weighted by Gasteiger charge is -2.16. The summed E-state index contributed by atoms with van der Waals surface area (Å²) in [6, 6.07) is 0.178. The van der Waals surface area contributed by atoms with Gasteiger partial charge >= 0.3 is 6.01 Å². The quantitative estimate of drug-likeness (QED) is 0.780. The van der Waals surface area contributed by atoms with E-state index in [4.69, 9.17) is 34.3 Å². The van der Waals surface area contributed by atoms with Crippen LogP contribution in [0.3, 0.4) is 0 Å². The molecule has 1 aromatic rings. The number of aromatic nitrogens is 3. The van der Waals surface area contributed by atoms with Gasteiger partial charge in [0.25, 0.3) is 0 Å². The number of rotatable bonds is 5. The fourth-order valence-corrected chi connectivity index (χ4v) is 1.20. The van der Waals surface area contributed by atoms with Gasteiger partial charge in [-0.2, -0.15) is 15.0 Å². The minimum Gasteiger partial charge on any atom is -0.467 e. The number of nitrogens with zero attached hydrogens (tertiary/aromatic N) is 4. The number of ether oxygens (including phenoxy) is 1. The van der Waals surface area contributed by atoms with E-state index in [2.05, 4.69) is 15.0 Å². The molecule has 1 rings (SSSR count). The van der Waals surface area contributed by atoms with Crippen molar-refractivity contribution in [2.75, 3.05) is 25.6 Å². The van der Waals surface area contributed by atoms with Gasteiger partial charge in [-0.05, 0) is 11.6 Å². The summed E-state index contributed by atoms with van der Waals surface area (Å²) < 4.78 is 4.89. The molecule has 0 aliphatic heterocycles. The molecule has 0 spiro atoms. The van der Waals surface area contributed by atoms with E-state index in [1.165, 1.54) is 7.11 Å². The minimum atomic E-state index is 0.0871. The zero-order valence-corrected chi connectivity index (χ0v) is 10.5. The van der Waals surface area contributed by atoms with Gasteiger partial charge in [-0.25, -0.2) is 0 Å². The molecule has 0 aliphatic carbocycles. The molecule has 0 atom stereocenters. The molecule has 0 unspecified atom stereocenters. The summed E-state index contributed by atoms with van der Waals surface area (Å²) in [6.45, 7) is 0.610. The number of nitrogens with two attached hydrogens (primary N) is 1. The summed E-state index contributed by atoms with van der Waals surface area (Å²) in [5.41, 5.74) is 5.41. The Morgan fingerprint density at radius 2 is 2.19 bits per heavy atom. The van der Waals surface area contributed by atoms with Gasteiger partial charge in [0.15, 0.2) is 0 Å². The summed E-state index contributed by atoms with van der Waals surface area (Å²) in [7, 11) is 3.27. The van der Waals surface area contributed by atoms with Crippen LogP contribution in [0, 0.1) is 0 Å². The van der Waals surface area contributed by atoms with Gasteiger partial charge in [-0.1, -0.05) is 12.2 Å². The Morgan fingerprint density at radius 3 is 2.75 bits per heavy atom. The Bertz CT molecular complexity index is 389. The van der Waals surface area contributed by atoms with Crippen LogP contribution in [-0.4, -0.2) is 40.6 Å². The highest BCUT2D eigenvalue weighted by Gasteiger charge is 2.09. The smallest absolute Gasteiger partial charge is 0.322 e. The molecule has 1 aromatic heterocycles. The van der Waals surface area contributed by atoms with E-state index in [1.54, 1.807) is 4.90 Å². The zero-order valence-electron chi connectivity index (χ0n) is 8.97. The predicted molar refractivity (Wildman–Crippen MR) is 66.1 cm³/mol. The second-order valence-electron chi connectivity index (χ2n) is 3.03. The summed E-state index contributed by atoms with van der Waals surface area (Å²) in [6.07, 6.45) is 0.581. The molecule has 0 saturated heterocycles. The number of methoxy groups -OCH3 is 1. The van der Waals surface area contributed by atoms with E-state index >= 15 is 0 Å². The second kappa shape index (κ2) is 5.76. The first-order valence-electron chi connectivity index (χ1n) is 4.48. The number of anilines is 1. The molecule has 88 valence electrons. The highest BCUT2D eigenvalue weighted by Crippen LogP contribution is 2.13. The molecule has 0 bridgehead atoms. The van der Waals surface area contributed by atoms with Crippen molar-refractivity contribution in [2.24, 2.45) is 5.73 Å². The topological polar surface area (TPSA) is 77.2 Å². The van der Waals surface area contributed by atoms with Gasteiger partial charge in [0.2, 0.25) is 11.2 Å². The minimum absolute atomic E-state index is 0.0871. The van der Waals surface area contributed by atoms with Crippen molar-refractivity contribution >= 4 is 34.8 Å². The largest absolute Gasteiger partial charge is 0.467 e. The fraction of sp³-hybridized carbons (Fsp3) is 0.500. The van der Waals surface area contributed by atoms with E-state index in [1.807, 2.05) is 7.05 Å². The van der Waals surface area contributed by atoms with Gasteiger partial charge in [0.1, 0.15) is 0 Å². The molecule has 16 heavy (non-hydrogen) atoms. The maximum absolute atomic E-state index is 5.72. The van der Waals surface area contributed by atoms with Crippen molar-refractivity contribution in [3.63, 3.8) is 0 Å². The molecule has 0 saturated carbocycles. The Kier molecular flexibility index (Phi) is 4.63. The molecule has 0 amide bonds. The van der Waals surface area contributed by atoms with Crippen LogP contribution in [0.1, 0.15) is 6.42 Å². The van der Waals surface area contributed by atoms with Crippen LogP contribution >= 0.6 is 23.8 Å². The SMILES string of the molecule is COc1nc(Cl)nc(N(C)CCC(N)=S)n1. The van der Waals surface area contributed by atoms with Crippen LogP contribution in [0.2, 0.25) is 5.28 Å². The van der Waals surface area contributed by atoms with Crippen molar-refractivity contribution in [3.05, 3.63) is 5.28 Å². The average molecular weight is 262 g/mol. The van der Waals surface area contributed by atoms with Crippen LogP contribution in [0.15, 0.2) is 0 Å². The first kappa shape index (κ1) is 12.9. The number of hydrogen-bond acceptors (Lipinski definition) is 6. The van der Waals surface area contributed by atoms with Crippen LogP contribution < -0.4 is 15.4 Å². The summed E-state index contributed by atoms with van der Waals surface area (Å²) in [5, 5.41) is 0.0871. The van der Waals surface area contributed by atoms with Gasteiger partial charge < -0.3 is 15.4 Å². The van der Waals surface area contributed by atoms with Crippen molar-refractivity contribution in [1.82, 2.24) is 15.0 Å². The van der Waals surface area contributed by atoms with Crippen molar-refractivity contribution in [2.45, 2.75) is 6.42 Å². The Hall–Kier alpha value is -1.21. The van der Waals surface area contributed by atoms with Gasteiger partial charge in [0.05, 0.1) is 12.1 Å². The van der Waals surface area contributed by atoms with E-state index in [0.29, 0.717) is 23.9 Å². The van der Waals surface area contributed by atoms with E-state index in [0.717, 1.165) is 0 Å². The lowest BCUT2D eigenvalue weighted by atomic mass is 10.4. The lowest BCUT2D eigenvalue weighted by molar-refractivity contribution is 0.378. The second-order valence-corrected chi connectivity index (χ2v) is 3.89. The third-order valence-corrected chi connectivity index (χ3v) is 2.17. The van der Waals surface area contributed by atoms with Crippen LogP contribution in [0.25, 0.3) is 0 Å². The first-order chi connectivity index (χ1) is 7.52. The molecule has 0 radical (unpaired) electrons. The zero-order chi connectivity index (χ0) is 12.1. The fourth-order valence-electron chi connectivity index (χ4n) is 0.962. The first-order valence-corrected chi connectivity index (χ1v) is 5.26. The third-order valence-electron chi connectivity index (χ3n) is 1.79. The monoisotopic (exact) mass is 261 g/mol. The molecule has 1 heterocycles. The van der Waals surface area contributed by atoms with Crippen LogP contribution in [0.4, 0.5) is 5.95 Å². The standard InChI is InChI=1S/C8H12ClN5OS/c1-14(4-3-5(10)16)7-11-6(9)12-8(13-7)15-2/h3-4H2,1-2H3,(H2,10,16). The number of halogens is 1. The highest BCUT2D eigenvalue weighted by atomic mass is 35.5. The molecular formula is C8H12ClN5OS. The predicted octanol–water partition coefficient (Wildman–Crippen LogP) is 0.646. The maximum atomic E-state index is 5.72. The normalized spacial score (nSPS) is 9.94. The van der Waals surface area contributed by atoms with E-state index in [9.17, 15) is 0 Å². The average Bonchev–Trinajstić information content (AvgIpc) is 2.24. The van der Waals surface area contributed by atoms with Crippen LogP contribution in [-0.2, 0) is 0 Å². The van der Waals surface area contributed by atoms with Gasteiger partial charge in [-0.3, -0.25) is 0 Å². The maximum Gasteiger partial charge on any atom is 0.322 e. The Labute approximate surface area is 104 Å². The summed E-state index contributed by atoms with van der Waals surface area (Å²) in [4.78, 5) is 14.0. The molecule has 6 nitrogen and oxygen atoms in total. The van der Waals surface area contributed by atoms with Crippen molar-refractivity contribution in [3.8, 4) is 6.01 Å². The summed E-state index contributed by atoms with van der Waals surface area (Å²) >= 11 is 10.5. The summed E-state index contributed by atoms with van der Waals surface area (Å²) in [5.74, 6) is 0.424. The molecular weight excluding hydrogens is 250 g/mol. The Morgan fingerprint density at radius 1 is 1.50 bits per heavy atom. The van der Waals surface area contributed by atoms with Gasteiger partial charge in [-0.15, -0.1) is 0 Å². The van der Waals surface area contributed by atoms with Crippen LogP contribution in [0.5, 0.6) is 6.01 Å². The van der Waals surface area contributed by atoms with Gasteiger partial charge in [0, 0.05) is 20.0 Å². The molecule has 0 fully saturated rings. The van der Waals surface area contributed by atoms with Crippen molar-refractivity contribution < 1.29 is 4.74 Å². The molecule has 2 N–H and O–H groups in total. The Balaban J connectivity index is 2.77. The molecule has 8 heteroatoms. The molecule has 0 aromatic carbocycles.